The highest BCUT2D eigenvalue weighted by atomic mass is 16.5. The molecule has 0 aliphatic carbocycles. The normalized spacial score (nSPS) is 11.4. The van der Waals surface area contributed by atoms with Crippen LogP contribution in [0.25, 0.3) is 0 Å². The Morgan fingerprint density at radius 3 is 2.22 bits per heavy atom. The van der Waals surface area contributed by atoms with Crippen LogP contribution in [-0.4, -0.2) is 44.0 Å². The Morgan fingerprint density at radius 2 is 1.70 bits per heavy atom. The Bertz CT molecular complexity index is 676. The van der Waals surface area contributed by atoms with Crippen molar-refractivity contribution in [2.24, 2.45) is 5.92 Å². The molecule has 0 aliphatic heterocycles. The molecule has 1 atom stereocenters. The lowest BCUT2D eigenvalue weighted by Gasteiger charge is -2.21. The van der Waals surface area contributed by atoms with Crippen LogP contribution in [0.4, 0.5) is 10.5 Å². The van der Waals surface area contributed by atoms with Crippen LogP contribution in [0, 0.1) is 5.92 Å². The first-order valence-corrected chi connectivity index (χ1v) is 8.61. The zero-order valence-corrected chi connectivity index (χ0v) is 15.7. The number of carbonyl (C=O) groups excluding carboxylic acids is 4. The highest BCUT2D eigenvalue weighted by Gasteiger charge is 2.23. The van der Waals surface area contributed by atoms with E-state index in [0.717, 1.165) is 0 Å². The molecule has 0 saturated carbocycles. The predicted octanol–water partition coefficient (Wildman–Crippen LogP) is 1.10. The minimum absolute atomic E-state index is 0.0414. The monoisotopic (exact) mass is 373 g/mol. The van der Waals surface area contributed by atoms with Gasteiger partial charge in [-0.3, -0.25) is 19.2 Å². The van der Waals surface area contributed by atoms with Crippen molar-refractivity contribution in [3.63, 3.8) is 0 Å². The number of rotatable bonds is 9. The third-order valence-corrected chi connectivity index (χ3v) is 3.63. The molecule has 0 fully saturated rings. The van der Waals surface area contributed by atoms with E-state index < -0.39 is 23.7 Å². The number of nitrogens with one attached hydrogen (secondary N) is 3. The predicted molar refractivity (Wildman–Crippen MR) is 101 cm³/mol. The molecule has 0 spiro atoms. The highest BCUT2D eigenvalue weighted by molar-refractivity contribution is 6.55. The van der Waals surface area contributed by atoms with Crippen LogP contribution in [0.3, 0.4) is 0 Å². The average Bonchev–Trinajstić information content (AvgIpc) is 2.63. The van der Waals surface area contributed by atoms with Crippen LogP contribution >= 0.6 is 0 Å². The lowest BCUT2D eigenvalue weighted by atomic mass is 10.0. The fourth-order valence-corrected chi connectivity index (χ4v) is 2.13. The van der Waals surface area contributed by atoms with Gasteiger partial charge in [0.1, 0.15) is 12.6 Å². The Balaban J connectivity index is 2.50. The van der Waals surface area contributed by atoms with E-state index in [2.05, 4.69) is 20.7 Å². The lowest BCUT2D eigenvalue weighted by molar-refractivity contribution is -0.130. The SMILES string of the molecule is [B]C(=O)OCc1ccc(NC(=O)CNC(=O)C(NC(=O)CC)C(C)C)cc1. The van der Waals surface area contributed by atoms with Gasteiger partial charge in [0.25, 0.3) is 0 Å². The first-order valence-electron chi connectivity index (χ1n) is 8.61. The largest absolute Gasteiger partial charge is 0.470 e. The molecule has 1 aromatic carbocycles. The van der Waals surface area contributed by atoms with E-state index in [1.165, 1.54) is 0 Å². The van der Waals surface area contributed by atoms with Crippen LogP contribution in [0.1, 0.15) is 32.8 Å². The molecule has 27 heavy (non-hydrogen) atoms. The molecule has 0 heterocycles. The van der Waals surface area contributed by atoms with Gasteiger partial charge in [-0.2, -0.15) is 0 Å². The summed E-state index contributed by atoms with van der Waals surface area (Å²) >= 11 is 0. The molecule has 0 bridgehead atoms. The Morgan fingerprint density at radius 1 is 1.07 bits per heavy atom. The Labute approximate surface area is 159 Å². The molecular formula is C18H24BN3O5. The molecule has 144 valence electrons. The first-order chi connectivity index (χ1) is 12.7. The molecule has 3 N–H and O–H groups in total. The summed E-state index contributed by atoms with van der Waals surface area (Å²) in [5, 5.41) is 7.79. The topological polar surface area (TPSA) is 114 Å². The summed E-state index contributed by atoms with van der Waals surface area (Å²) in [6, 6.07) is 5.92. The average molecular weight is 373 g/mol. The molecule has 0 aromatic heterocycles. The Kier molecular flexibility index (Phi) is 9.05. The maximum Gasteiger partial charge on any atom is 0.243 e. The second-order valence-electron chi connectivity index (χ2n) is 6.21. The van der Waals surface area contributed by atoms with Gasteiger partial charge in [0.2, 0.25) is 31.4 Å². The van der Waals surface area contributed by atoms with E-state index in [0.29, 0.717) is 11.3 Å². The molecule has 9 heteroatoms. The van der Waals surface area contributed by atoms with Crippen molar-refractivity contribution >= 4 is 37.1 Å². The number of anilines is 1. The van der Waals surface area contributed by atoms with Gasteiger partial charge in [-0.1, -0.05) is 32.9 Å². The van der Waals surface area contributed by atoms with Gasteiger partial charge in [0.05, 0.1) is 6.54 Å². The van der Waals surface area contributed by atoms with Crippen LogP contribution in [0.15, 0.2) is 24.3 Å². The summed E-state index contributed by atoms with van der Waals surface area (Å²) in [5.41, 5.74) is 1.24. The molecule has 1 rings (SSSR count). The van der Waals surface area contributed by atoms with E-state index >= 15 is 0 Å². The molecule has 0 aliphatic rings. The van der Waals surface area contributed by atoms with Gasteiger partial charge in [0, 0.05) is 12.1 Å². The van der Waals surface area contributed by atoms with Gasteiger partial charge < -0.3 is 20.7 Å². The van der Waals surface area contributed by atoms with E-state index in [9.17, 15) is 19.2 Å². The molecule has 3 amide bonds. The van der Waals surface area contributed by atoms with Crippen LogP contribution < -0.4 is 16.0 Å². The van der Waals surface area contributed by atoms with E-state index in [4.69, 9.17) is 7.85 Å². The van der Waals surface area contributed by atoms with Crippen molar-refractivity contribution < 1.29 is 23.9 Å². The van der Waals surface area contributed by atoms with Crippen LogP contribution in [-0.2, 0) is 25.7 Å². The van der Waals surface area contributed by atoms with E-state index in [1.54, 1.807) is 31.2 Å². The summed E-state index contributed by atoms with van der Waals surface area (Å²) in [6.07, 6.45) is 0.275. The zero-order chi connectivity index (χ0) is 20.4. The molecule has 1 unspecified atom stereocenters. The molecule has 0 saturated heterocycles. The first kappa shape index (κ1) is 22.2. The number of carbonyl (C=O) groups is 4. The van der Waals surface area contributed by atoms with Gasteiger partial charge in [-0.05, 0) is 23.6 Å². The minimum atomic E-state index is -0.863. The molecule has 8 nitrogen and oxygen atoms in total. The summed E-state index contributed by atoms with van der Waals surface area (Å²) in [4.78, 5) is 46.3. The minimum Gasteiger partial charge on any atom is -0.470 e. The number of hydrogen-bond donors (Lipinski definition) is 3. The third-order valence-electron chi connectivity index (χ3n) is 3.63. The molecular weight excluding hydrogens is 349 g/mol. The van der Waals surface area contributed by atoms with Crippen molar-refractivity contribution in [1.29, 1.82) is 0 Å². The number of amides is 3. The van der Waals surface area contributed by atoms with Crippen molar-refractivity contribution in [3.05, 3.63) is 29.8 Å². The molecule has 2 radical (unpaired) electrons. The standard InChI is InChI=1S/C18H24BN3O5/c1-4-14(23)22-16(11(2)3)17(25)20-9-15(24)21-13-7-5-12(6-8-13)10-27-18(19)26/h5-8,11,16H,4,9-10H2,1-3H3,(H,20,25)(H,21,24)(H,22,23). The van der Waals surface area contributed by atoms with E-state index in [-0.39, 0.29) is 31.4 Å². The van der Waals surface area contributed by atoms with Crippen LogP contribution in [0.5, 0.6) is 0 Å². The number of hydrogen-bond acceptors (Lipinski definition) is 5. The smallest absolute Gasteiger partial charge is 0.243 e. The second-order valence-corrected chi connectivity index (χ2v) is 6.21. The van der Waals surface area contributed by atoms with Gasteiger partial charge >= 0.3 is 0 Å². The van der Waals surface area contributed by atoms with Crippen molar-refractivity contribution in [2.75, 3.05) is 11.9 Å². The second kappa shape index (κ2) is 11.0. The summed E-state index contributed by atoms with van der Waals surface area (Å²) in [6.45, 7) is 5.13. The highest BCUT2D eigenvalue weighted by Crippen LogP contribution is 2.10. The third kappa shape index (κ3) is 8.39. The molecule has 1 aromatic rings. The van der Waals surface area contributed by atoms with Gasteiger partial charge in [-0.25, -0.2) is 0 Å². The van der Waals surface area contributed by atoms with Crippen molar-refractivity contribution in [2.45, 2.75) is 39.8 Å². The number of benzene rings is 1. The van der Waals surface area contributed by atoms with Gasteiger partial charge in [-0.15, -0.1) is 0 Å². The number of ether oxygens (including phenoxy) is 1. The Hall–Kier alpha value is -2.84. The summed E-state index contributed by atoms with van der Waals surface area (Å²) in [7, 11) is 4.89. The fraction of sp³-hybridized carbons (Fsp3) is 0.444. The van der Waals surface area contributed by atoms with Crippen molar-refractivity contribution in [3.8, 4) is 0 Å². The maximum absolute atomic E-state index is 12.2. The van der Waals surface area contributed by atoms with E-state index in [1.807, 2.05) is 13.8 Å². The fourth-order valence-electron chi connectivity index (χ4n) is 2.13. The van der Waals surface area contributed by atoms with Crippen molar-refractivity contribution in [1.82, 2.24) is 10.6 Å². The maximum atomic E-state index is 12.2. The summed E-state index contributed by atoms with van der Waals surface area (Å²) < 4.78 is 4.67. The summed E-state index contributed by atoms with van der Waals surface area (Å²) in [5.74, 6) is -2.03. The lowest BCUT2D eigenvalue weighted by Crippen LogP contribution is -2.50. The quantitative estimate of drug-likeness (QED) is 0.561. The van der Waals surface area contributed by atoms with Crippen LogP contribution in [0.2, 0.25) is 0 Å². The van der Waals surface area contributed by atoms with Gasteiger partial charge in [0.15, 0.2) is 0 Å². The zero-order valence-electron chi connectivity index (χ0n) is 15.7.